The third-order valence-corrected chi connectivity index (χ3v) is 10.2. The number of hydrogen-bond acceptors (Lipinski definition) is 8. The van der Waals surface area contributed by atoms with Crippen LogP contribution >= 0.6 is 23.1 Å². The summed E-state index contributed by atoms with van der Waals surface area (Å²) in [4.78, 5) is 51.7. The highest BCUT2D eigenvalue weighted by atomic mass is 32.2. The summed E-state index contributed by atoms with van der Waals surface area (Å²) < 4.78 is 5.41. The fraction of sp³-hybridized carbons (Fsp3) is 0.265. The van der Waals surface area contributed by atoms with E-state index in [1.54, 1.807) is 25.1 Å². The standard InChI is InChI=1S/C34H33N3O6S2/c1-3-28(44-26-12-8-11-24(20-26)35-31(38)22-13-16-25(17-14-22)37(41)42)32(39)36-33-30(34(40)43-4-2)27-18-15-23(19-29(27)45-33)21-9-6-5-7-10-21/h5-14,16-17,20,23,28H,3-4,15,18-19H2,1-2H3,(H,35,38)(H,36,39). The van der Waals surface area contributed by atoms with Crippen LogP contribution in [0.4, 0.5) is 16.4 Å². The SMILES string of the molecule is CCOC(=O)c1c(NC(=O)C(CC)Sc2cccc(NC(=O)c3ccc([N+](=O)[O-])cc3)c2)sc2c1CCC(c1ccccc1)C2. The van der Waals surface area contributed by atoms with Crippen LogP contribution in [0.3, 0.4) is 0 Å². The molecule has 0 aliphatic heterocycles. The Morgan fingerprint density at radius 2 is 1.78 bits per heavy atom. The first-order valence-electron chi connectivity index (χ1n) is 14.8. The number of benzene rings is 3. The van der Waals surface area contributed by atoms with Crippen molar-refractivity contribution in [2.75, 3.05) is 17.2 Å². The number of esters is 1. The Labute approximate surface area is 269 Å². The van der Waals surface area contributed by atoms with E-state index in [-0.39, 0.29) is 23.8 Å². The minimum absolute atomic E-state index is 0.0951. The van der Waals surface area contributed by atoms with Gasteiger partial charge in [0.2, 0.25) is 5.91 Å². The Morgan fingerprint density at radius 1 is 1.02 bits per heavy atom. The van der Waals surface area contributed by atoms with E-state index in [2.05, 4.69) is 22.8 Å². The number of ether oxygens (including phenoxy) is 1. The molecule has 2 unspecified atom stereocenters. The highest BCUT2D eigenvalue weighted by Gasteiger charge is 2.32. The Hall–Kier alpha value is -4.48. The van der Waals surface area contributed by atoms with Crippen molar-refractivity contribution in [2.24, 2.45) is 0 Å². The molecule has 4 aromatic rings. The lowest BCUT2D eigenvalue weighted by molar-refractivity contribution is -0.384. The molecule has 1 aliphatic carbocycles. The molecule has 5 rings (SSSR count). The molecule has 2 atom stereocenters. The summed E-state index contributed by atoms with van der Waals surface area (Å²) in [6.07, 6.45) is 2.99. The van der Waals surface area contributed by atoms with Gasteiger partial charge in [-0.2, -0.15) is 0 Å². The minimum Gasteiger partial charge on any atom is -0.462 e. The number of nitrogens with one attached hydrogen (secondary N) is 2. The molecule has 45 heavy (non-hydrogen) atoms. The number of non-ortho nitro benzene ring substituents is 1. The fourth-order valence-corrected chi connectivity index (χ4v) is 7.70. The van der Waals surface area contributed by atoms with Crippen molar-refractivity contribution in [3.63, 3.8) is 0 Å². The molecule has 2 N–H and O–H groups in total. The zero-order valence-electron chi connectivity index (χ0n) is 24.9. The summed E-state index contributed by atoms with van der Waals surface area (Å²) in [7, 11) is 0. The second-order valence-electron chi connectivity index (χ2n) is 10.6. The second kappa shape index (κ2) is 14.5. The number of carbonyl (C=O) groups is 3. The normalized spacial score (nSPS) is 14.6. The van der Waals surface area contributed by atoms with E-state index < -0.39 is 22.0 Å². The molecule has 9 nitrogen and oxygen atoms in total. The molecule has 1 aromatic heterocycles. The first kappa shape index (κ1) is 31.9. The van der Waals surface area contributed by atoms with Gasteiger partial charge in [-0.15, -0.1) is 23.1 Å². The Bertz CT molecular complexity index is 1700. The van der Waals surface area contributed by atoms with E-state index >= 15 is 0 Å². The highest BCUT2D eigenvalue weighted by molar-refractivity contribution is 8.00. The van der Waals surface area contributed by atoms with Gasteiger partial charge in [0.15, 0.2) is 0 Å². The zero-order chi connectivity index (χ0) is 31.9. The third kappa shape index (κ3) is 7.61. The number of nitrogens with zero attached hydrogens (tertiary/aromatic N) is 1. The summed E-state index contributed by atoms with van der Waals surface area (Å²) >= 11 is 2.83. The highest BCUT2D eigenvalue weighted by Crippen LogP contribution is 2.43. The Morgan fingerprint density at radius 3 is 2.47 bits per heavy atom. The summed E-state index contributed by atoms with van der Waals surface area (Å²) in [6.45, 7) is 3.94. The maximum atomic E-state index is 13.6. The van der Waals surface area contributed by atoms with Gasteiger partial charge in [-0.05, 0) is 80.0 Å². The van der Waals surface area contributed by atoms with Crippen molar-refractivity contribution >= 4 is 57.3 Å². The predicted molar refractivity (Wildman–Crippen MR) is 178 cm³/mol. The number of nitro benzene ring substituents is 1. The van der Waals surface area contributed by atoms with Gasteiger partial charge in [0.05, 0.1) is 22.3 Å². The molecule has 232 valence electrons. The number of thiophene rings is 1. The van der Waals surface area contributed by atoms with Crippen molar-refractivity contribution in [3.05, 3.63) is 116 Å². The first-order valence-corrected chi connectivity index (χ1v) is 16.5. The zero-order valence-corrected chi connectivity index (χ0v) is 26.5. The van der Waals surface area contributed by atoms with Crippen LogP contribution in [0.2, 0.25) is 0 Å². The molecule has 0 bridgehead atoms. The second-order valence-corrected chi connectivity index (χ2v) is 13.0. The van der Waals surface area contributed by atoms with Crippen LogP contribution in [0, 0.1) is 10.1 Å². The van der Waals surface area contributed by atoms with Crippen LogP contribution in [0.1, 0.15) is 69.3 Å². The minimum atomic E-state index is -0.520. The maximum Gasteiger partial charge on any atom is 0.341 e. The average Bonchev–Trinajstić information content (AvgIpc) is 3.41. The summed E-state index contributed by atoms with van der Waals surface area (Å²) in [6, 6.07) is 22.9. The molecule has 0 saturated heterocycles. The van der Waals surface area contributed by atoms with E-state index in [0.29, 0.717) is 28.6 Å². The number of carbonyl (C=O) groups excluding carboxylic acids is 3. The molecule has 0 spiro atoms. The number of rotatable bonds is 11. The number of hydrogen-bond donors (Lipinski definition) is 2. The number of thioether (sulfide) groups is 1. The summed E-state index contributed by atoms with van der Waals surface area (Å²) in [5, 5.41) is 16.8. The number of fused-ring (bicyclic) bond motifs is 1. The Balaban J connectivity index is 1.30. The number of nitro groups is 1. The lowest BCUT2D eigenvalue weighted by Gasteiger charge is -2.23. The summed E-state index contributed by atoms with van der Waals surface area (Å²) in [5.41, 5.74) is 3.43. The van der Waals surface area contributed by atoms with Crippen molar-refractivity contribution in [3.8, 4) is 0 Å². The van der Waals surface area contributed by atoms with Crippen molar-refractivity contribution in [1.29, 1.82) is 0 Å². The smallest absolute Gasteiger partial charge is 0.341 e. The fourth-order valence-electron chi connectivity index (χ4n) is 5.37. The number of anilines is 2. The van der Waals surface area contributed by atoms with Gasteiger partial charge in [-0.25, -0.2) is 4.79 Å². The molecule has 11 heteroatoms. The van der Waals surface area contributed by atoms with E-state index in [1.165, 1.54) is 52.9 Å². The van der Waals surface area contributed by atoms with Crippen molar-refractivity contribution in [2.45, 2.75) is 55.6 Å². The monoisotopic (exact) mass is 643 g/mol. The first-order chi connectivity index (χ1) is 21.8. The predicted octanol–water partition coefficient (Wildman–Crippen LogP) is 7.87. The maximum absolute atomic E-state index is 13.6. The van der Waals surface area contributed by atoms with Crippen molar-refractivity contribution < 1.29 is 24.0 Å². The van der Waals surface area contributed by atoms with Crippen LogP contribution in [0.15, 0.2) is 83.8 Å². The van der Waals surface area contributed by atoms with Crippen LogP contribution in [-0.2, 0) is 22.4 Å². The molecule has 0 fully saturated rings. The molecule has 1 heterocycles. The van der Waals surface area contributed by atoms with Gasteiger partial charge in [0, 0.05) is 33.2 Å². The van der Waals surface area contributed by atoms with Crippen LogP contribution < -0.4 is 10.6 Å². The molecular formula is C34H33N3O6S2. The van der Waals surface area contributed by atoms with Gasteiger partial charge in [-0.3, -0.25) is 19.7 Å². The van der Waals surface area contributed by atoms with Crippen LogP contribution in [0.5, 0.6) is 0 Å². The van der Waals surface area contributed by atoms with Gasteiger partial charge in [0.1, 0.15) is 5.00 Å². The molecule has 0 radical (unpaired) electrons. The summed E-state index contributed by atoms with van der Waals surface area (Å²) in [5.74, 6) is -0.685. The van der Waals surface area contributed by atoms with Gasteiger partial charge < -0.3 is 15.4 Å². The molecule has 3 aromatic carbocycles. The molecule has 1 aliphatic rings. The molecular weight excluding hydrogens is 611 g/mol. The van der Waals surface area contributed by atoms with Crippen LogP contribution in [0.25, 0.3) is 0 Å². The number of amides is 2. The van der Waals surface area contributed by atoms with Crippen molar-refractivity contribution in [1.82, 2.24) is 0 Å². The van der Waals surface area contributed by atoms with Gasteiger partial charge >= 0.3 is 5.97 Å². The van der Waals surface area contributed by atoms with Crippen LogP contribution in [-0.4, -0.2) is 34.6 Å². The lowest BCUT2D eigenvalue weighted by Crippen LogP contribution is -2.25. The van der Waals surface area contributed by atoms with E-state index in [1.807, 2.05) is 31.2 Å². The average molecular weight is 644 g/mol. The third-order valence-electron chi connectivity index (χ3n) is 7.63. The van der Waals surface area contributed by atoms with Gasteiger partial charge in [-0.1, -0.05) is 43.3 Å². The topological polar surface area (TPSA) is 128 Å². The largest absolute Gasteiger partial charge is 0.462 e. The molecule has 0 saturated carbocycles. The lowest BCUT2D eigenvalue weighted by atomic mass is 9.83. The Kier molecular flexibility index (Phi) is 10.3. The van der Waals surface area contributed by atoms with E-state index in [4.69, 9.17) is 4.74 Å². The quantitative estimate of drug-likeness (QED) is 0.0737. The van der Waals surface area contributed by atoms with E-state index in [9.17, 15) is 24.5 Å². The molecule has 2 amide bonds. The van der Waals surface area contributed by atoms with Gasteiger partial charge in [0.25, 0.3) is 11.6 Å². The van der Waals surface area contributed by atoms with E-state index in [0.717, 1.165) is 34.6 Å².